The van der Waals surface area contributed by atoms with Crippen LogP contribution in [-0.2, 0) is 4.79 Å². The number of unbranched alkanes of at least 4 members (excludes halogenated alkanes) is 1. The molecule has 3 nitrogen and oxygen atoms in total. The molecular weight excluding hydrogens is 214 g/mol. The van der Waals surface area contributed by atoms with Crippen molar-refractivity contribution in [2.45, 2.75) is 19.8 Å². The van der Waals surface area contributed by atoms with Gasteiger partial charge in [-0.3, -0.25) is 9.59 Å². The molecule has 0 radical (unpaired) electrons. The van der Waals surface area contributed by atoms with E-state index in [1.165, 1.54) is 0 Å². The van der Waals surface area contributed by atoms with Gasteiger partial charge in [0.2, 0.25) is 0 Å². The summed E-state index contributed by atoms with van der Waals surface area (Å²) in [5.74, 6) is -0.436. The van der Waals surface area contributed by atoms with Crippen molar-refractivity contribution < 1.29 is 9.59 Å². The van der Waals surface area contributed by atoms with Gasteiger partial charge in [-0.25, -0.2) is 0 Å². The van der Waals surface area contributed by atoms with E-state index in [-0.39, 0.29) is 17.3 Å². The van der Waals surface area contributed by atoms with Gasteiger partial charge in [0.05, 0.1) is 5.57 Å². The van der Waals surface area contributed by atoms with Crippen molar-refractivity contribution in [1.29, 1.82) is 0 Å². The molecule has 1 aromatic rings. The highest BCUT2D eigenvalue weighted by Gasteiger charge is 2.26. The zero-order valence-electron chi connectivity index (χ0n) is 9.82. The molecule has 0 fully saturated rings. The number of benzene rings is 1. The van der Waals surface area contributed by atoms with Crippen molar-refractivity contribution >= 4 is 17.8 Å². The largest absolute Gasteiger partial charge is 0.352 e. The molecule has 88 valence electrons. The molecule has 0 aliphatic heterocycles. The third-order valence-electron chi connectivity index (χ3n) is 2.81. The summed E-state index contributed by atoms with van der Waals surface area (Å²) in [7, 11) is 0. The van der Waals surface area contributed by atoms with E-state index in [0.717, 1.165) is 18.4 Å². The number of amides is 1. The van der Waals surface area contributed by atoms with Crippen LogP contribution in [0.3, 0.4) is 0 Å². The van der Waals surface area contributed by atoms with Crippen molar-refractivity contribution in [2.24, 2.45) is 0 Å². The van der Waals surface area contributed by atoms with Gasteiger partial charge in [0, 0.05) is 12.1 Å². The number of fused-ring (bicyclic) bond motifs is 1. The van der Waals surface area contributed by atoms with E-state index < -0.39 is 0 Å². The van der Waals surface area contributed by atoms with Gasteiger partial charge in [-0.1, -0.05) is 37.6 Å². The molecule has 1 amide bonds. The van der Waals surface area contributed by atoms with Crippen molar-refractivity contribution in [3.63, 3.8) is 0 Å². The van der Waals surface area contributed by atoms with Crippen LogP contribution in [0.1, 0.15) is 35.7 Å². The van der Waals surface area contributed by atoms with Crippen molar-refractivity contribution in [3.8, 4) is 0 Å². The standard InChI is InChI=1S/C14H15NO2/c1-2-3-8-15-14(17)12-9-10-6-4-5-7-11(10)13(12)16/h4-7,9H,2-3,8H2,1H3,(H,15,17). The van der Waals surface area contributed by atoms with Crippen LogP contribution >= 0.6 is 0 Å². The van der Waals surface area contributed by atoms with E-state index in [4.69, 9.17) is 0 Å². The van der Waals surface area contributed by atoms with Gasteiger partial charge in [0.15, 0.2) is 5.78 Å². The molecule has 0 spiro atoms. The van der Waals surface area contributed by atoms with E-state index >= 15 is 0 Å². The first-order valence-electron chi connectivity index (χ1n) is 5.87. The number of Topliss-reactive ketones (excluding diaryl/α,β-unsaturated/α-hetero) is 1. The molecule has 17 heavy (non-hydrogen) atoms. The summed E-state index contributed by atoms with van der Waals surface area (Å²) in [4.78, 5) is 23.7. The number of hydrogen-bond donors (Lipinski definition) is 1. The number of ketones is 1. The molecule has 0 bridgehead atoms. The number of carbonyl (C=O) groups is 2. The first-order chi connectivity index (χ1) is 8.24. The fourth-order valence-corrected chi connectivity index (χ4v) is 1.84. The first kappa shape index (κ1) is 11.6. The Morgan fingerprint density at radius 3 is 2.76 bits per heavy atom. The normalized spacial score (nSPS) is 13.2. The van der Waals surface area contributed by atoms with E-state index in [2.05, 4.69) is 12.2 Å². The smallest absolute Gasteiger partial charge is 0.255 e. The SMILES string of the molecule is CCCCNC(=O)C1=Cc2ccccc2C1=O. The summed E-state index contributed by atoms with van der Waals surface area (Å²) in [5.41, 5.74) is 1.70. The van der Waals surface area contributed by atoms with Crippen LogP contribution < -0.4 is 5.32 Å². The zero-order chi connectivity index (χ0) is 12.3. The average Bonchev–Trinajstić information content (AvgIpc) is 2.68. The minimum Gasteiger partial charge on any atom is -0.352 e. The number of carbonyl (C=O) groups excluding carboxylic acids is 2. The molecule has 1 aromatic carbocycles. The highest BCUT2D eigenvalue weighted by atomic mass is 16.2. The average molecular weight is 229 g/mol. The van der Waals surface area contributed by atoms with E-state index in [1.54, 1.807) is 12.1 Å². The molecule has 0 atom stereocenters. The third-order valence-corrected chi connectivity index (χ3v) is 2.81. The molecule has 0 saturated carbocycles. The van der Waals surface area contributed by atoms with Gasteiger partial charge in [-0.05, 0) is 18.1 Å². The Balaban J connectivity index is 2.10. The molecular formula is C14H15NO2. The molecule has 0 unspecified atom stereocenters. The predicted molar refractivity (Wildman–Crippen MR) is 66.7 cm³/mol. The maximum Gasteiger partial charge on any atom is 0.255 e. The zero-order valence-corrected chi connectivity index (χ0v) is 9.82. The quantitative estimate of drug-likeness (QED) is 0.635. The van der Waals surface area contributed by atoms with Crippen molar-refractivity contribution in [2.75, 3.05) is 6.54 Å². The summed E-state index contributed by atoms with van der Waals surface area (Å²) in [6.07, 6.45) is 3.62. The molecule has 0 heterocycles. The minimum absolute atomic E-state index is 0.172. The predicted octanol–water partition coefficient (Wildman–Crippen LogP) is 2.18. The Morgan fingerprint density at radius 2 is 2.06 bits per heavy atom. The second kappa shape index (κ2) is 4.95. The summed E-state index contributed by atoms with van der Waals surface area (Å²) >= 11 is 0. The lowest BCUT2D eigenvalue weighted by Gasteiger charge is -2.03. The summed E-state index contributed by atoms with van der Waals surface area (Å²) in [6.45, 7) is 2.68. The molecule has 0 aromatic heterocycles. The lowest BCUT2D eigenvalue weighted by molar-refractivity contribution is -0.117. The minimum atomic E-state index is -0.264. The van der Waals surface area contributed by atoms with Crippen LogP contribution in [0.4, 0.5) is 0 Å². The van der Waals surface area contributed by atoms with E-state index in [0.29, 0.717) is 12.1 Å². The van der Waals surface area contributed by atoms with Gasteiger partial charge in [-0.2, -0.15) is 0 Å². The lowest BCUT2D eigenvalue weighted by Crippen LogP contribution is -2.28. The van der Waals surface area contributed by atoms with E-state index in [1.807, 2.05) is 18.2 Å². The Labute approximate surface area is 101 Å². The Kier molecular flexibility index (Phi) is 3.38. The van der Waals surface area contributed by atoms with Gasteiger partial charge < -0.3 is 5.32 Å². The van der Waals surface area contributed by atoms with Crippen molar-refractivity contribution in [3.05, 3.63) is 41.0 Å². The van der Waals surface area contributed by atoms with Gasteiger partial charge in [-0.15, -0.1) is 0 Å². The van der Waals surface area contributed by atoms with Crippen LogP contribution in [0.15, 0.2) is 29.8 Å². The molecule has 1 aliphatic rings. The number of nitrogens with one attached hydrogen (secondary N) is 1. The maximum atomic E-state index is 11.9. The maximum absolute atomic E-state index is 11.9. The number of hydrogen-bond acceptors (Lipinski definition) is 2. The molecule has 1 aliphatic carbocycles. The van der Waals surface area contributed by atoms with Crippen LogP contribution in [0.5, 0.6) is 0 Å². The van der Waals surface area contributed by atoms with Crippen LogP contribution in [0, 0.1) is 0 Å². The second-order valence-corrected chi connectivity index (χ2v) is 4.08. The van der Waals surface area contributed by atoms with Crippen LogP contribution in [0.25, 0.3) is 6.08 Å². The highest BCUT2D eigenvalue weighted by Crippen LogP contribution is 2.24. The van der Waals surface area contributed by atoms with Crippen molar-refractivity contribution in [1.82, 2.24) is 5.32 Å². The summed E-state index contributed by atoms with van der Waals surface area (Å²) in [5, 5.41) is 2.76. The topological polar surface area (TPSA) is 46.2 Å². The van der Waals surface area contributed by atoms with Crippen LogP contribution in [0.2, 0.25) is 0 Å². The summed E-state index contributed by atoms with van der Waals surface area (Å²) < 4.78 is 0. The highest BCUT2D eigenvalue weighted by molar-refractivity contribution is 6.32. The van der Waals surface area contributed by atoms with Gasteiger partial charge in [0.25, 0.3) is 5.91 Å². The monoisotopic (exact) mass is 229 g/mol. The molecule has 1 N–H and O–H groups in total. The summed E-state index contributed by atoms with van der Waals surface area (Å²) in [6, 6.07) is 7.27. The Morgan fingerprint density at radius 1 is 1.29 bits per heavy atom. The fourth-order valence-electron chi connectivity index (χ4n) is 1.84. The molecule has 0 saturated heterocycles. The number of rotatable bonds is 4. The van der Waals surface area contributed by atoms with Crippen LogP contribution in [-0.4, -0.2) is 18.2 Å². The second-order valence-electron chi connectivity index (χ2n) is 4.08. The third kappa shape index (κ3) is 2.28. The van der Waals surface area contributed by atoms with Gasteiger partial charge >= 0.3 is 0 Å². The molecule has 2 rings (SSSR count). The van der Waals surface area contributed by atoms with E-state index in [9.17, 15) is 9.59 Å². The molecule has 3 heteroatoms. The first-order valence-corrected chi connectivity index (χ1v) is 5.87. The fraction of sp³-hybridized carbons (Fsp3) is 0.286. The van der Waals surface area contributed by atoms with Gasteiger partial charge in [0.1, 0.15) is 0 Å². The Hall–Kier alpha value is -1.90. The lowest BCUT2D eigenvalue weighted by atomic mass is 10.1. The Bertz CT molecular complexity index is 489.